The smallest absolute Gasteiger partial charge is 0.312 e. The molecular formula is C11H13ClF3NS. The highest BCUT2D eigenvalue weighted by Crippen LogP contribution is 2.29. The van der Waals surface area contributed by atoms with E-state index < -0.39 is 5.51 Å². The predicted molar refractivity (Wildman–Crippen MR) is 66.4 cm³/mol. The summed E-state index contributed by atoms with van der Waals surface area (Å²) in [4.78, 5) is 0. The molecule has 6 heteroatoms. The van der Waals surface area contributed by atoms with Crippen LogP contribution in [0, 0.1) is 6.92 Å². The second-order valence-corrected chi connectivity index (χ2v) is 5.12. The molecule has 0 unspecified atom stereocenters. The van der Waals surface area contributed by atoms with Gasteiger partial charge in [0.2, 0.25) is 0 Å². The minimum Gasteiger partial charge on any atom is -0.312 e. The summed E-state index contributed by atoms with van der Waals surface area (Å²) < 4.78 is 35.5. The minimum absolute atomic E-state index is 0.0143. The maximum Gasteiger partial charge on any atom is 0.441 e. The number of aryl methyl sites for hydroxylation is 1. The minimum atomic E-state index is -4.14. The van der Waals surface area contributed by atoms with Gasteiger partial charge >= 0.3 is 5.51 Å². The summed E-state index contributed by atoms with van der Waals surface area (Å²) in [6, 6.07) is 5.62. The van der Waals surface area contributed by atoms with E-state index in [1.807, 2.05) is 25.1 Å². The Morgan fingerprint density at radius 3 is 2.65 bits per heavy atom. The number of benzene rings is 1. The number of rotatable bonds is 5. The Kier molecular flexibility index (Phi) is 5.62. The molecule has 0 radical (unpaired) electrons. The van der Waals surface area contributed by atoms with Crippen LogP contribution in [-0.4, -0.2) is 17.8 Å². The van der Waals surface area contributed by atoms with E-state index in [0.29, 0.717) is 18.1 Å². The van der Waals surface area contributed by atoms with Crippen molar-refractivity contribution >= 4 is 23.4 Å². The van der Waals surface area contributed by atoms with Crippen LogP contribution in [0.3, 0.4) is 0 Å². The Labute approximate surface area is 108 Å². The summed E-state index contributed by atoms with van der Waals surface area (Å²) in [6.07, 6.45) is 0. The van der Waals surface area contributed by atoms with E-state index in [9.17, 15) is 13.2 Å². The van der Waals surface area contributed by atoms with Gasteiger partial charge < -0.3 is 5.32 Å². The summed E-state index contributed by atoms with van der Waals surface area (Å²) in [6.45, 7) is 2.74. The van der Waals surface area contributed by atoms with Gasteiger partial charge in [0.1, 0.15) is 0 Å². The van der Waals surface area contributed by atoms with Crippen LogP contribution in [0.5, 0.6) is 0 Å². The van der Waals surface area contributed by atoms with Gasteiger partial charge in [0, 0.05) is 23.9 Å². The lowest BCUT2D eigenvalue weighted by Crippen LogP contribution is -2.18. The Balaban J connectivity index is 2.25. The topological polar surface area (TPSA) is 12.0 Å². The largest absolute Gasteiger partial charge is 0.441 e. The molecule has 96 valence electrons. The first-order valence-electron chi connectivity index (χ1n) is 5.05. The SMILES string of the molecule is Cc1ccc(CNCCSC(F)(F)F)cc1Cl. The number of halogens is 4. The quantitative estimate of drug-likeness (QED) is 0.820. The molecule has 1 N–H and O–H groups in total. The summed E-state index contributed by atoms with van der Waals surface area (Å²) in [5.74, 6) is 0.0170. The number of nitrogens with one attached hydrogen (secondary N) is 1. The normalized spacial score (nSPS) is 11.8. The van der Waals surface area contributed by atoms with E-state index in [-0.39, 0.29) is 17.5 Å². The van der Waals surface area contributed by atoms with Gasteiger partial charge in [-0.1, -0.05) is 23.7 Å². The van der Waals surface area contributed by atoms with Crippen molar-refractivity contribution in [2.75, 3.05) is 12.3 Å². The monoisotopic (exact) mass is 283 g/mol. The molecule has 0 saturated heterocycles. The molecule has 0 heterocycles. The zero-order valence-electron chi connectivity index (χ0n) is 9.27. The number of hydrogen-bond acceptors (Lipinski definition) is 2. The number of hydrogen-bond donors (Lipinski definition) is 1. The molecule has 1 aromatic rings. The molecule has 1 nitrogen and oxygen atoms in total. The van der Waals surface area contributed by atoms with Crippen molar-refractivity contribution in [3.63, 3.8) is 0 Å². The van der Waals surface area contributed by atoms with Crippen LogP contribution in [0.2, 0.25) is 5.02 Å². The highest BCUT2D eigenvalue weighted by molar-refractivity contribution is 8.00. The molecule has 0 bridgehead atoms. The van der Waals surface area contributed by atoms with E-state index in [1.165, 1.54) is 0 Å². The molecule has 0 atom stereocenters. The fourth-order valence-electron chi connectivity index (χ4n) is 1.22. The number of alkyl halides is 3. The average molecular weight is 284 g/mol. The lowest BCUT2D eigenvalue weighted by atomic mass is 10.1. The second-order valence-electron chi connectivity index (χ2n) is 3.55. The van der Waals surface area contributed by atoms with Crippen LogP contribution in [0.4, 0.5) is 13.2 Å². The molecule has 0 aliphatic carbocycles. The van der Waals surface area contributed by atoms with Gasteiger partial charge in [-0.2, -0.15) is 13.2 Å². The molecule has 0 aromatic heterocycles. The third kappa shape index (κ3) is 6.19. The Bertz CT molecular complexity index is 368. The van der Waals surface area contributed by atoms with Crippen molar-refractivity contribution in [1.29, 1.82) is 0 Å². The van der Waals surface area contributed by atoms with E-state index in [0.717, 1.165) is 11.1 Å². The van der Waals surface area contributed by atoms with Crippen LogP contribution < -0.4 is 5.32 Å². The third-order valence-corrected chi connectivity index (χ3v) is 3.25. The lowest BCUT2D eigenvalue weighted by molar-refractivity contribution is -0.0327. The number of thioether (sulfide) groups is 1. The molecule has 17 heavy (non-hydrogen) atoms. The summed E-state index contributed by atoms with van der Waals surface area (Å²) >= 11 is 5.92. The summed E-state index contributed by atoms with van der Waals surface area (Å²) in [5, 5.41) is 3.62. The van der Waals surface area contributed by atoms with Gasteiger partial charge in [0.25, 0.3) is 0 Å². The molecule has 0 amide bonds. The predicted octanol–water partition coefficient (Wildman–Crippen LogP) is 3.99. The highest BCUT2D eigenvalue weighted by atomic mass is 35.5. The molecular weight excluding hydrogens is 271 g/mol. The summed E-state index contributed by atoms with van der Waals surface area (Å²) in [5.41, 5.74) is -2.19. The Hall–Kier alpha value is -0.390. The standard InChI is InChI=1S/C11H13ClF3NS/c1-8-2-3-9(6-10(8)12)7-16-4-5-17-11(13,14)15/h2-3,6,16H,4-5,7H2,1H3. The van der Waals surface area contributed by atoms with Gasteiger partial charge in [-0.25, -0.2) is 0 Å². The van der Waals surface area contributed by atoms with Gasteiger partial charge in [-0.05, 0) is 35.9 Å². The maximum absolute atomic E-state index is 11.8. The fraction of sp³-hybridized carbons (Fsp3) is 0.455. The average Bonchev–Trinajstić information content (AvgIpc) is 2.21. The Morgan fingerprint density at radius 1 is 1.35 bits per heavy atom. The molecule has 1 rings (SSSR count). The lowest BCUT2D eigenvalue weighted by Gasteiger charge is -2.07. The molecule has 0 aliphatic rings. The van der Waals surface area contributed by atoms with Crippen molar-refractivity contribution in [3.8, 4) is 0 Å². The molecule has 1 aromatic carbocycles. The van der Waals surface area contributed by atoms with Crippen LogP contribution in [0.25, 0.3) is 0 Å². The second kappa shape index (κ2) is 6.52. The first-order chi connectivity index (χ1) is 7.88. The maximum atomic E-state index is 11.8. The van der Waals surface area contributed by atoms with E-state index >= 15 is 0 Å². The van der Waals surface area contributed by atoms with E-state index in [4.69, 9.17) is 11.6 Å². The first kappa shape index (κ1) is 14.7. The molecule has 0 aliphatic heterocycles. The van der Waals surface area contributed by atoms with E-state index in [2.05, 4.69) is 5.32 Å². The van der Waals surface area contributed by atoms with Crippen LogP contribution in [-0.2, 0) is 6.54 Å². The van der Waals surface area contributed by atoms with Crippen molar-refractivity contribution in [2.24, 2.45) is 0 Å². The zero-order chi connectivity index (χ0) is 12.9. The molecule has 0 saturated carbocycles. The first-order valence-corrected chi connectivity index (χ1v) is 6.41. The van der Waals surface area contributed by atoms with Crippen LogP contribution in [0.15, 0.2) is 18.2 Å². The Morgan fingerprint density at radius 2 is 2.06 bits per heavy atom. The third-order valence-electron chi connectivity index (χ3n) is 2.11. The fourth-order valence-corrected chi connectivity index (χ4v) is 1.90. The van der Waals surface area contributed by atoms with E-state index in [1.54, 1.807) is 0 Å². The van der Waals surface area contributed by atoms with Gasteiger partial charge in [-0.3, -0.25) is 0 Å². The van der Waals surface area contributed by atoms with Crippen molar-refractivity contribution < 1.29 is 13.2 Å². The van der Waals surface area contributed by atoms with Crippen molar-refractivity contribution in [2.45, 2.75) is 19.0 Å². The molecule has 0 fully saturated rings. The van der Waals surface area contributed by atoms with Gasteiger partial charge in [0.05, 0.1) is 0 Å². The van der Waals surface area contributed by atoms with Gasteiger partial charge in [-0.15, -0.1) is 0 Å². The summed E-state index contributed by atoms with van der Waals surface area (Å²) in [7, 11) is 0. The molecule has 0 spiro atoms. The zero-order valence-corrected chi connectivity index (χ0v) is 10.8. The highest BCUT2D eigenvalue weighted by Gasteiger charge is 2.27. The van der Waals surface area contributed by atoms with Crippen LogP contribution >= 0.6 is 23.4 Å². The van der Waals surface area contributed by atoms with Crippen molar-refractivity contribution in [3.05, 3.63) is 34.3 Å². The van der Waals surface area contributed by atoms with Crippen molar-refractivity contribution in [1.82, 2.24) is 5.32 Å². The van der Waals surface area contributed by atoms with Crippen LogP contribution in [0.1, 0.15) is 11.1 Å². The van der Waals surface area contributed by atoms with Gasteiger partial charge in [0.15, 0.2) is 0 Å².